The summed E-state index contributed by atoms with van der Waals surface area (Å²) in [6.45, 7) is 20.1. The van der Waals surface area contributed by atoms with Crippen LogP contribution in [0.3, 0.4) is 0 Å². The van der Waals surface area contributed by atoms with E-state index in [4.69, 9.17) is 19.4 Å². The molecule has 53 heavy (non-hydrogen) atoms. The number of oxazole rings is 1. The SMILES string of the molecule is CC(C)C(c1cc(-c2nccc3cccnc23)[c-]c(-c2cc(C(C)(C)c3ccccc3)cc3oc(-c4cc(C(C)(C)C)ccc4O)nc23)c1)C(C)C.[Pt]. The molecule has 5 nitrogen and oxygen atoms in total. The predicted molar refractivity (Wildman–Crippen MR) is 214 cm³/mol. The van der Waals surface area contributed by atoms with Crippen molar-refractivity contribution >= 4 is 22.0 Å². The number of benzene rings is 4. The van der Waals surface area contributed by atoms with E-state index in [0.717, 1.165) is 49.9 Å². The van der Waals surface area contributed by atoms with E-state index in [-0.39, 0.29) is 37.6 Å². The van der Waals surface area contributed by atoms with E-state index < -0.39 is 0 Å². The minimum absolute atomic E-state index is 0. The molecule has 7 rings (SSSR count). The summed E-state index contributed by atoms with van der Waals surface area (Å²) in [5.74, 6) is 1.61. The molecule has 0 fully saturated rings. The number of aromatic hydroxyl groups is 1. The summed E-state index contributed by atoms with van der Waals surface area (Å²) >= 11 is 0. The Balaban J connectivity index is 0.00000481. The Morgan fingerprint density at radius 1 is 0.660 bits per heavy atom. The fourth-order valence-corrected chi connectivity index (χ4v) is 7.70. The van der Waals surface area contributed by atoms with Gasteiger partial charge in [0.1, 0.15) is 11.3 Å². The molecule has 0 bridgehead atoms. The van der Waals surface area contributed by atoms with Crippen molar-refractivity contribution in [1.82, 2.24) is 15.0 Å². The standard InChI is InChI=1S/C47H48N3O2.Pt/c1-28(2)41(29(3)4)32-22-31(23-33(24-32)43-42-30(19-21-49-43)14-13-20-48-42)37-26-36(47(8,9)34-15-11-10-12-16-34)27-40-44(37)50-45(52-40)38-25-35(46(5,6)7)17-18-39(38)51;/h10-22,24-29,41,51H,1-9H3;/q-1;. The van der Waals surface area contributed by atoms with Gasteiger partial charge in [0, 0.05) is 44.6 Å². The maximum absolute atomic E-state index is 11.1. The van der Waals surface area contributed by atoms with Gasteiger partial charge in [-0.25, -0.2) is 4.98 Å². The molecule has 0 saturated carbocycles. The molecule has 0 aliphatic carbocycles. The van der Waals surface area contributed by atoms with E-state index in [2.05, 4.69) is 123 Å². The van der Waals surface area contributed by atoms with Gasteiger partial charge in [-0.2, -0.15) is 0 Å². The maximum Gasteiger partial charge on any atom is 0.230 e. The van der Waals surface area contributed by atoms with Gasteiger partial charge in [0.15, 0.2) is 0 Å². The molecule has 0 aliphatic heterocycles. The smallest absolute Gasteiger partial charge is 0.230 e. The first-order valence-corrected chi connectivity index (χ1v) is 18.3. The number of nitrogens with zero attached hydrogens (tertiary/aromatic N) is 3. The molecule has 3 heterocycles. The molecule has 3 aromatic heterocycles. The number of phenols is 1. The summed E-state index contributed by atoms with van der Waals surface area (Å²) < 4.78 is 6.66. The zero-order valence-corrected chi connectivity index (χ0v) is 34.3. The van der Waals surface area contributed by atoms with Crippen LogP contribution in [0.4, 0.5) is 0 Å². The van der Waals surface area contributed by atoms with Gasteiger partial charge in [-0.05, 0) is 75.6 Å². The third kappa shape index (κ3) is 7.34. The van der Waals surface area contributed by atoms with Crippen molar-refractivity contribution in [3.8, 4) is 39.6 Å². The van der Waals surface area contributed by atoms with Gasteiger partial charge in [0.05, 0.1) is 16.6 Å². The molecule has 0 amide bonds. The van der Waals surface area contributed by atoms with Gasteiger partial charge < -0.3 is 9.52 Å². The number of pyridine rings is 2. The van der Waals surface area contributed by atoms with Gasteiger partial charge >= 0.3 is 0 Å². The van der Waals surface area contributed by atoms with E-state index in [1.165, 1.54) is 11.1 Å². The molecule has 0 unspecified atom stereocenters. The summed E-state index contributed by atoms with van der Waals surface area (Å²) in [5, 5.41) is 12.2. The second-order valence-corrected chi connectivity index (χ2v) is 16.4. The van der Waals surface area contributed by atoms with Crippen LogP contribution in [0.25, 0.3) is 55.8 Å². The van der Waals surface area contributed by atoms with Crippen LogP contribution in [0.1, 0.15) is 90.5 Å². The van der Waals surface area contributed by atoms with Gasteiger partial charge in [0.25, 0.3) is 0 Å². The van der Waals surface area contributed by atoms with Crippen LogP contribution in [-0.2, 0) is 31.9 Å². The van der Waals surface area contributed by atoms with Gasteiger partial charge in [-0.1, -0.05) is 122 Å². The van der Waals surface area contributed by atoms with Crippen LogP contribution in [0.2, 0.25) is 0 Å². The molecule has 0 saturated heterocycles. The minimum Gasteiger partial charge on any atom is -0.507 e. The van der Waals surface area contributed by atoms with Crippen molar-refractivity contribution in [3.63, 3.8) is 0 Å². The number of hydrogen-bond donors (Lipinski definition) is 1. The summed E-state index contributed by atoms with van der Waals surface area (Å²) in [4.78, 5) is 14.8. The molecular formula is C47H48N3O2Pt-. The van der Waals surface area contributed by atoms with Crippen molar-refractivity contribution in [2.75, 3.05) is 0 Å². The zero-order valence-electron chi connectivity index (χ0n) is 32.1. The van der Waals surface area contributed by atoms with Crippen LogP contribution < -0.4 is 0 Å². The average molecular weight is 882 g/mol. The van der Waals surface area contributed by atoms with Crippen LogP contribution in [0, 0.1) is 17.9 Å². The fraction of sp³-hybridized carbons (Fsp3) is 0.298. The van der Waals surface area contributed by atoms with Crippen molar-refractivity contribution in [2.45, 2.75) is 79.1 Å². The first-order chi connectivity index (χ1) is 24.7. The average Bonchev–Trinajstić information content (AvgIpc) is 3.55. The van der Waals surface area contributed by atoms with Gasteiger partial charge in [-0.3, -0.25) is 9.97 Å². The normalized spacial score (nSPS) is 12.3. The van der Waals surface area contributed by atoms with Crippen molar-refractivity contribution in [1.29, 1.82) is 0 Å². The van der Waals surface area contributed by atoms with Crippen LogP contribution in [0.5, 0.6) is 5.75 Å². The zero-order chi connectivity index (χ0) is 36.9. The van der Waals surface area contributed by atoms with E-state index in [0.29, 0.717) is 34.8 Å². The molecule has 0 radical (unpaired) electrons. The van der Waals surface area contributed by atoms with Crippen LogP contribution in [-0.4, -0.2) is 20.1 Å². The Kier molecular flexibility index (Phi) is 10.6. The summed E-state index contributed by atoms with van der Waals surface area (Å²) in [6, 6.07) is 35.0. The van der Waals surface area contributed by atoms with E-state index in [1.54, 1.807) is 6.07 Å². The summed E-state index contributed by atoms with van der Waals surface area (Å²) in [7, 11) is 0. The van der Waals surface area contributed by atoms with Gasteiger partial charge in [0.2, 0.25) is 5.89 Å². The van der Waals surface area contributed by atoms with Crippen molar-refractivity contribution in [2.24, 2.45) is 11.8 Å². The molecule has 0 aliphatic rings. The van der Waals surface area contributed by atoms with Crippen molar-refractivity contribution < 1.29 is 30.6 Å². The second kappa shape index (κ2) is 14.7. The number of phenolic OH excluding ortho intramolecular Hbond substituents is 1. The molecule has 7 aromatic rings. The Hall–Kier alpha value is -4.60. The monoisotopic (exact) mass is 881 g/mol. The second-order valence-electron chi connectivity index (χ2n) is 16.4. The number of hydrogen-bond acceptors (Lipinski definition) is 5. The van der Waals surface area contributed by atoms with Gasteiger partial charge in [-0.15, -0.1) is 29.3 Å². The summed E-state index contributed by atoms with van der Waals surface area (Å²) in [5.41, 5.74) is 10.4. The molecule has 4 aromatic carbocycles. The molecule has 0 atom stereocenters. The first-order valence-electron chi connectivity index (χ1n) is 18.3. The molecule has 6 heteroatoms. The fourth-order valence-electron chi connectivity index (χ4n) is 7.70. The third-order valence-corrected chi connectivity index (χ3v) is 10.6. The number of fused-ring (bicyclic) bond motifs is 2. The van der Waals surface area contributed by atoms with Crippen molar-refractivity contribution in [3.05, 3.63) is 132 Å². The number of rotatable bonds is 8. The Morgan fingerprint density at radius 3 is 2.06 bits per heavy atom. The third-order valence-electron chi connectivity index (χ3n) is 10.6. The quantitative estimate of drug-likeness (QED) is 0.154. The molecule has 1 N–H and O–H groups in total. The van der Waals surface area contributed by atoms with E-state index >= 15 is 0 Å². The largest absolute Gasteiger partial charge is 0.507 e. The Morgan fingerprint density at radius 2 is 1.36 bits per heavy atom. The topological polar surface area (TPSA) is 72.0 Å². The molecular weight excluding hydrogens is 834 g/mol. The maximum atomic E-state index is 11.1. The Bertz CT molecular complexity index is 2390. The van der Waals surface area contributed by atoms with Crippen LogP contribution >= 0.6 is 0 Å². The van der Waals surface area contributed by atoms with E-state index in [1.807, 2.05) is 42.7 Å². The molecule has 0 spiro atoms. The Labute approximate surface area is 328 Å². The molecule has 274 valence electrons. The summed E-state index contributed by atoms with van der Waals surface area (Å²) in [6.07, 6.45) is 3.67. The van der Waals surface area contributed by atoms with E-state index in [9.17, 15) is 5.11 Å². The van der Waals surface area contributed by atoms with Crippen LogP contribution in [0.15, 0.2) is 108 Å². The predicted octanol–water partition coefficient (Wildman–Crippen LogP) is 12.3. The number of aromatic nitrogens is 3. The first kappa shape index (κ1) is 38.1. The minimum atomic E-state index is -0.356.